The summed E-state index contributed by atoms with van der Waals surface area (Å²) >= 11 is 0. The van der Waals surface area contributed by atoms with E-state index in [0.717, 1.165) is 6.42 Å². The van der Waals surface area contributed by atoms with E-state index < -0.39 is 0 Å². The zero-order valence-corrected chi connectivity index (χ0v) is 8.03. The quantitative estimate of drug-likeness (QED) is 0.481. The summed E-state index contributed by atoms with van der Waals surface area (Å²) < 4.78 is 5.06. The van der Waals surface area contributed by atoms with Gasteiger partial charge in [0, 0.05) is 0 Å². The summed E-state index contributed by atoms with van der Waals surface area (Å²) in [4.78, 5) is 11.5. The molecule has 0 radical (unpaired) electrons. The van der Waals surface area contributed by atoms with Gasteiger partial charge in [0.1, 0.15) is 0 Å². The van der Waals surface area contributed by atoms with Gasteiger partial charge in [0.05, 0.1) is 12.5 Å². The van der Waals surface area contributed by atoms with Crippen LogP contribution in [0.15, 0.2) is 12.2 Å². The van der Waals surface area contributed by atoms with Gasteiger partial charge in [-0.15, -0.1) is 0 Å². The molecule has 2 bridgehead atoms. The minimum absolute atomic E-state index is 0.0153. The zero-order valence-electron chi connectivity index (χ0n) is 8.03. The first-order chi connectivity index (χ1) is 6.31. The zero-order chi connectivity index (χ0) is 9.26. The van der Waals surface area contributed by atoms with Gasteiger partial charge in [-0.1, -0.05) is 12.2 Å². The van der Waals surface area contributed by atoms with Gasteiger partial charge < -0.3 is 4.74 Å². The van der Waals surface area contributed by atoms with Crippen LogP contribution in [-0.2, 0) is 9.53 Å². The number of hydrogen-bond acceptors (Lipinski definition) is 2. The van der Waals surface area contributed by atoms with Gasteiger partial charge in [-0.2, -0.15) is 0 Å². The first kappa shape index (κ1) is 8.79. The maximum Gasteiger partial charge on any atom is 0.309 e. The molecular weight excluding hydrogens is 164 g/mol. The molecule has 1 fully saturated rings. The van der Waals surface area contributed by atoms with Crippen LogP contribution in [0.5, 0.6) is 0 Å². The highest BCUT2D eigenvalue weighted by atomic mass is 16.5. The Labute approximate surface area is 79.0 Å². The van der Waals surface area contributed by atoms with Crippen molar-refractivity contribution in [1.82, 2.24) is 0 Å². The highest BCUT2D eigenvalue weighted by Gasteiger charge is 2.36. The van der Waals surface area contributed by atoms with E-state index in [9.17, 15) is 4.79 Å². The highest BCUT2D eigenvalue weighted by molar-refractivity contribution is 5.73. The lowest BCUT2D eigenvalue weighted by atomic mass is 9.69. The monoisotopic (exact) mass is 180 g/mol. The predicted octanol–water partition coefficient (Wildman–Crippen LogP) is 2.15. The van der Waals surface area contributed by atoms with Crippen LogP contribution in [-0.4, -0.2) is 12.6 Å². The third-order valence-electron chi connectivity index (χ3n) is 3.16. The number of ether oxygens (including phenoxy) is 1. The molecule has 3 atom stereocenters. The van der Waals surface area contributed by atoms with E-state index in [0.29, 0.717) is 18.4 Å². The van der Waals surface area contributed by atoms with Crippen LogP contribution in [0.25, 0.3) is 0 Å². The van der Waals surface area contributed by atoms with Crippen molar-refractivity contribution in [3.8, 4) is 0 Å². The van der Waals surface area contributed by atoms with E-state index in [1.54, 1.807) is 0 Å². The van der Waals surface area contributed by atoms with Crippen LogP contribution < -0.4 is 0 Å². The highest BCUT2D eigenvalue weighted by Crippen LogP contribution is 2.40. The molecule has 3 unspecified atom stereocenters. The molecule has 13 heavy (non-hydrogen) atoms. The van der Waals surface area contributed by atoms with Crippen molar-refractivity contribution in [1.29, 1.82) is 0 Å². The molecule has 0 aromatic heterocycles. The number of allylic oxidation sites excluding steroid dienone is 2. The van der Waals surface area contributed by atoms with E-state index in [2.05, 4.69) is 12.2 Å². The van der Waals surface area contributed by atoms with Gasteiger partial charge in [-0.3, -0.25) is 4.79 Å². The summed E-state index contributed by atoms with van der Waals surface area (Å²) in [6, 6.07) is 0. The lowest BCUT2D eigenvalue weighted by Gasteiger charge is -2.36. The molecule has 0 heterocycles. The van der Waals surface area contributed by atoms with E-state index in [4.69, 9.17) is 4.74 Å². The second-order valence-electron chi connectivity index (χ2n) is 3.98. The molecule has 2 heteroatoms. The van der Waals surface area contributed by atoms with Crippen LogP contribution in [0, 0.1) is 17.8 Å². The normalized spacial score (nSPS) is 36.2. The third-order valence-corrected chi connectivity index (χ3v) is 3.16. The van der Waals surface area contributed by atoms with Crippen LogP contribution in [0.1, 0.15) is 26.2 Å². The molecule has 1 saturated carbocycles. The van der Waals surface area contributed by atoms with Gasteiger partial charge in [-0.25, -0.2) is 0 Å². The molecule has 3 aliphatic rings. The molecule has 72 valence electrons. The summed E-state index contributed by atoms with van der Waals surface area (Å²) in [5.41, 5.74) is 0. The molecule has 0 aromatic carbocycles. The van der Waals surface area contributed by atoms with Gasteiger partial charge in [-0.05, 0) is 38.0 Å². The van der Waals surface area contributed by atoms with Gasteiger partial charge >= 0.3 is 5.97 Å². The van der Waals surface area contributed by atoms with Crippen molar-refractivity contribution in [2.45, 2.75) is 26.2 Å². The standard InChI is InChI=1S/C11H16O2/c1-2-13-11(12)10-7-8-3-5-9(10)6-4-8/h3,5,8-10H,2,4,6-7H2,1H3. The number of carbonyl (C=O) groups excluding carboxylic acids is 1. The maximum absolute atomic E-state index is 11.5. The number of fused-ring (bicyclic) bond motifs is 2. The average molecular weight is 180 g/mol. The molecule has 2 nitrogen and oxygen atoms in total. The van der Waals surface area contributed by atoms with Gasteiger partial charge in [0.2, 0.25) is 0 Å². The summed E-state index contributed by atoms with van der Waals surface area (Å²) in [5, 5.41) is 0. The molecule has 0 aromatic rings. The summed E-state index contributed by atoms with van der Waals surface area (Å²) in [7, 11) is 0. The maximum atomic E-state index is 11.5. The lowest BCUT2D eigenvalue weighted by molar-refractivity contribution is -0.151. The molecule has 0 saturated heterocycles. The largest absolute Gasteiger partial charge is 0.466 e. The second kappa shape index (κ2) is 3.52. The van der Waals surface area contributed by atoms with Crippen molar-refractivity contribution in [3.63, 3.8) is 0 Å². The SMILES string of the molecule is CCOC(=O)C1CC2C=CC1CC2. The van der Waals surface area contributed by atoms with Crippen molar-refractivity contribution in [2.75, 3.05) is 6.61 Å². The molecule has 0 amide bonds. The fourth-order valence-corrected chi connectivity index (χ4v) is 2.45. The summed E-state index contributed by atoms with van der Waals surface area (Å²) in [5.74, 6) is 1.27. The minimum atomic E-state index is 0.0153. The molecule has 3 aliphatic carbocycles. The van der Waals surface area contributed by atoms with Gasteiger partial charge in [0.15, 0.2) is 0 Å². The fourth-order valence-electron chi connectivity index (χ4n) is 2.45. The Morgan fingerprint density at radius 3 is 2.77 bits per heavy atom. The van der Waals surface area contributed by atoms with Crippen LogP contribution >= 0.6 is 0 Å². The first-order valence-electron chi connectivity index (χ1n) is 5.16. The smallest absolute Gasteiger partial charge is 0.309 e. The van der Waals surface area contributed by atoms with E-state index in [1.807, 2.05) is 6.92 Å². The molecular formula is C11H16O2. The van der Waals surface area contributed by atoms with Crippen molar-refractivity contribution in [3.05, 3.63) is 12.2 Å². The fraction of sp³-hybridized carbons (Fsp3) is 0.727. The number of esters is 1. The molecule has 3 rings (SSSR count). The average Bonchev–Trinajstić information content (AvgIpc) is 2.20. The van der Waals surface area contributed by atoms with Crippen molar-refractivity contribution >= 4 is 5.97 Å². The molecule has 0 spiro atoms. The Morgan fingerprint density at radius 2 is 2.31 bits per heavy atom. The lowest BCUT2D eigenvalue weighted by Crippen LogP contribution is -2.33. The third kappa shape index (κ3) is 1.62. The number of rotatable bonds is 2. The van der Waals surface area contributed by atoms with E-state index in [-0.39, 0.29) is 11.9 Å². The first-order valence-corrected chi connectivity index (χ1v) is 5.16. The summed E-state index contributed by atoms with van der Waals surface area (Å²) in [6.45, 7) is 2.38. The van der Waals surface area contributed by atoms with Gasteiger partial charge in [0.25, 0.3) is 0 Å². The van der Waals surface area contributed by atoms with Crippen LogP contribution in [0.4, 0.5) is 0 Å². The Balaban J connectivity index is 2.02. The molecule has 0 aliphatic heterocycles. The topological polar surface area (TPSA) is 26.3 Å². The number of hydrogen-bond donors (Lipinski definition) is 0. The Bertz CT molecular complexity index is 232. The predicted molar refractivity (Wildman–Crippen MR) is 50.1 cm³/mol. The van der Waals surface area contributed by atoms with E-state index in [1.165, 1.54) is 12.8 Å². The van der Waals surface area contributed by atoms with Crippen LogP contribution in [0.3, 0.4) is 0 Å². The molecule has 0 N–H and O–H groups in total. The second-order valence-corrected chi connectivity index (χ2v) is 3.98. The van der Waals surface area contributed by atoms with Crippen molar-refractivity contribution < 1.29 is 9.53 Å². The number of carbonyl (C=O) groups is 1. The summed E-state index contributed by atoms with van der Waals surface area (Å²) in [6.07, 6.45) is 7.92. The van der Waals surface area contributed by atoms with Crippen molar-refractivity contribution in [2.24, 2.45) is 17.8 Å². The van der Waals surface area contributed by atoms with E-state index >= 15 is 0 Å². The Hall–Kier alpha value is -0.790. The minimum Gasteiger partial charge on any atom is -0.466 e. The van der Waals surface area contributed by atoms with Crippen LogP contribution in [0.2, 0.25) is 0 Å². The Morgan fingerprint density at radius 1 is 1.46 bits per heavy atom. The Kier molecular flexibility index (Phi) is 2.38.